The van der Waals surface area contributed by atoms with E-state index in [4.69, 9.17) is 18.9 Å². The van der Waals surface area contributed by atoms with Gasteiger partial charge in [0.15, 0.2) is 5.13 Å². The largest absolute Gasteiger partial charge is 0.492 e. The Morgan fingerprint density at radius 2 is 1.84 bits per heavy atom. The highest BCUT2D eigenvalue weighted by Gasteiger charge is 2.24. The molecule has 0 radical (unpaired) electrons. The number of ether oxygens (including phenoxy) is 2. The van der Waals surface area contributed by atoms with Crippen LogP contribution >= 0.6 is 11.3 Å². The number of amides is 1. The molecule has 0 bridgehead atoms. The normalized spacial score (nSPS) is 10.8. The lowest BCUT2D eigenvalue weighted by Crippen LogP contribution is -2.30. The topological polar surface area (TPSA) is 81.9 Å². The van der Waals surface area contributed by atoms with Crippen molar-refractivity contribution in [1.29, 1.82) is 0 Å². The van der Waals surface area contributed by atoms with Crippen molar-refractivity contribution in [3.63, 3.8) is 0 Å². The number of thiazole rings is 1. The molecule has 0 aliphatic rings. The monoisotopic (exact) mass is 436 g/mol. The Morgan fingerprint density at radius 3 is 2.52 bits per heavy atom. The van der Waals surface area contributed by atoms with Crippen LogP contribution in [-0.4, -0.2) is 30.6 Å². The number of benzene rings is 2. The minimum atomic E-state index is -0.457. The van der Waals surface area contributed by atoms with Crippen LogP contribution in [0, 0.1) is 0 Å². The van der Waals surface area contributed by atoms with E-state index in [-0.39, 0.29) is 12.5 Å². The third kappa shape index (κ3) is 4.29. The molecule has 0 atom stereocenters. The first-order valence-electron chi connectivity index (χ1n) is 9.65. The molecule has 0 N–H and O–H groups in total. The van der Waals surface area contributed by atoms with Gasteiger partial charge >= 0.3 is 5.97 Å². The molecule has 0 spiro atoms. The summed E-state index contributed by atoms with van der Waals surface area (Å²) >= 11 is 1.40. The van der Waals surface area contributed by atoms with Crippen LogP contribution in [0.1, 0.15) is 33.4 Å². The fourth-order valence-corrected chi connectivity index (χ4v) is 4.09. The summed E-state index contributed by atoms with van der Waals surface area (Å²) in [4.78, 5) is 31.4. The van der Waals surface area contributed by atoms with Gasteiger partial charge in [-0.25, -0.2) is 9.78 Å². The maximum atomic E-state index is 13.4. The number of carbonyl (C=O) groups excluding carboxylic acids is 2. The van der Waals surface area contributed by atoms with Gasteiger partial charge < -0.3 is 13.9 Å². The number of aromatic nitrogens is 1. The first kappa shape index (κ1) is 20.6. The molecule has 31 heavy (non-hydrogen) atoms. The highest BCUT2D eigenvalue weighted by atomic mass is 32.1. The summed E-state index contributed by atoms with van der Waals surface area (Å²) in [7, 11) is 1.32. The van der Waals surface area contributed by atoms with Crippen molar-refractivity contribution < 1.29 is 23.5 Å². The lowest BCUT2D eigenvalue weighted by atomic mass is 10.1. The average Bonchev–Trinajstić information content (AvgIpc) is 3.47. The predicted octanol–water partition coefficient (Wildman–Crippen LogP) is 4.92. The van der Waals surface area contributed by atoms with Crippen LogP contribution < -0.4 is 9.64 Å². The van der Waals surface area contributed by atoms with Crippen molar-refractivity contribution in [2.75, 3.05) is 18.6 Å². The molecule has 2 heterocycles. The van der Waals surface area contributed by atoms with Crippen molar-refractivity contribution in [1.82, 2.24) is 4.98 Å². The van der Waals surface area contributed by atoms with Gasteiger partial charge in [-0.3, -0.25) is 9.69 Å². The van der Waals surface area contributed by atoms with Crippen LogP contribution in [0.15, 0.2) is 65.3 Å². The van der Waals surface area contributed by atoms with Gasteiger partial charge in [0.25, 0.3) is 5.91 Å². The quantitative estimate of drug-likeness (QED) is 0.383. The third-order valence-corrected chi connectivity index (χ3v) is 5.64. The standard InChI is InChI=1S/C23H20N2O5S/c1-3-29-18-7-4-8-19-20(18)24-23(31-19)25(14-17-6-5-13-30-17)21(26)15-9-11-16(12-10-15)22(27)28-2/h4-13H,3,14H2,1-2H3. The second-order valence-corrected chi connectivity index (χ2v) is 7.58. The maximum Gasteiger partial charge on any atom is 0.337 e. The van der Waals surface area contributed by atoms with Crippen LogP contribution in [0.5, 0.6) is 5.75 Å². The lowest BCUT2D eigenvalue weighted by Gasteiger charge is -2.19. The Morgan fingerprint density at radius 1 is 1.06 bits per heavy atom. The molecular weight excluding hydrogens is 416 g/mol. The van der Waals surface area contributed by atoms with Crippen LogP contribution in [0.3, 0.4) is 0 Å². The number of methoxy groups -OCH3 is 1. The predicted molar refractivity (Wildman–Crippen MR) is 118 cm³/mol. The fourth-order valence-electron chi connectivity index (χ4n) is 3.11. The molecule has 4 rings (SSSR count). The number of nitrogens with zero attached hydrogens (tertiary/aromatic N) is 2. The average molecular weight is 436 g/mol. The first-order valence-corrected chi connectivity index (χ1v) is 10.5. The van der Waals surface area contributed by atoms with Crippen LogP contribution in [-0.2, 0) is 11.3 Å². The molecule has 4 aromatic rings. The number of hydrogen-bond donors (Lipinski definition) is 0. The van der Waals surface area contributed by atoms with Crippen molar-refractivity contribution >= 4 is 38.6 Å². The molecule has 7 nitrogen and oxygen atoms in total. The molecule has 2 aromatic carbocycles. The van der Waals surface area contributed by atoms with Gasteiger partial charge in [-0.1, -0.05) is 17.4 Å². The van der Waals surface area contributed by atoms with E-state index in [1.807, 2.05) is 25.1 Å². The van der Waals surface area contributed by atoms with Gasteiger partial charge in [0.1, 0.15) is 17.0 Å². The molecule has 0 fully saturated rings. The van der Waals surface area contributed by atoms with Gasteiger partial charge in [0.05, 0.1) is 36.8 Å². The minimum Gasteiger partial charge on any atom is -0.492 e. The van der Waals surface area contributed by atoms with E-state index in [1.54, 1.807) is 47.6 Å². The van der Waals surface area contributed by atoms with E-state index in [0.717, 1.165) is 4.70 Å². The second kappa shape index (κ2) is 9.01. The van der Waals surface area contributed by atoms with E-state index < -0.39 is 5.97 Å². The maximum absolute atomic E-state index is 13.4. The Bertz CT molecular complexity index is 1200. The SMILES string of the molecule is CCOc1cccc2sc(N(Cc3ccco3)C(=O)c3ccc(C(=O)OC)cc3)nc12. The zero-order valence-electron chi connectivity index (χ0n) is 17.0. The van der Waals surface area contributed by atoms with Gasteiger partial charge in [0, 0.05) is 5.56 Å². The summed E-state index contributed by atoms with van der Waals surface area (Å²) in [5.74, 6) is 0.588. The smallest absolute Gasteiger partial charge is 0.337 e. The molecular formula is C23H20N2O5S. The van der Waals surface area contributed by atoms with Crippen molar-refractivity contribution in [2.24, 2.45) is 0 Å². The molecule has 0 aliphatic carbocycles. The zero-order valence-corrected chi connectivity index (χ0v) is 17.8. The summed E-state index contributed by atoms with van der Waals surface area (Å²) in [5, 5.41) is 0.528. The molecule has 8 heteroatoms. The molecule has 2 aromatic heterocycles. The summed E-state index contributed by atoms with van der Waals surface area (Å²) in [6.45, 7) is 2.65. The second-order valence-electron chi connectivity index (χ2n) is 6.57. The Hall–Kier alpha value is -3.65. The van der Waals surface area contributed by atoms with Crippen molar-refractivity contribution in [2.45, 2.75) is 13.5 Å². The number of anilines is 1. The zero-order chi connectivity index (χ0) is 21.8. The molecule has 0 aliphatic heterocycles. The lowest BCUT2D eigenvalue weighted by molar-refractivity contribution is 0.0600. The molecule has 1 amide bonds. The van der Waals surface area contributed by atoms with E-state index in [2.05, 4.69) is 0 Å². The van der Waals surface area contributed by atoms with E-state index in [9.17, 15) is 9.59 Å². The highest BCUT2D eigenvalue weighted by molar-refractivity contribution is 7.22. The fraction of sp³-hybridized carbons (Fsp3) is 0.174. The molecule has 0 saturated heterocycles. The summed E-state index contributed by atoms with van der Waals surface area (Å²) in [6, 6.07) is 15.6. The van der Waals surface area contributed by atoms with Crippen molar-refractivity contribution in [3.8, 4) is 5.75 Å². The highest BCUT2D eigenvalue weighted by Crippen LogP contribution is 2.35. The Labute approximate surface area is 182 Å². The van der Waals surface area contributed by atoms with Gasteiger partial charge in [-0.05, 0) is 55.5 Å². The van der Waals surface area contributed by atoms with Crippen molar-refractivity contribution in [3.05, 3.63) is 77.7 Å². The summed E-state index contributed by atoms with van der Waals surface area (Å²) in [5.41, 5.74) is 1.50. The molecule has 158 valence electrons. The number of hydrogen-bond acceptors (Lipinski definition) is 7. The van der Waals surface area contributed by atoms with E-state index >= 15 is 0 Å². The van der Waals surface area contributed by atoms with Gasteiger partial charge in [-0.15, -0.1) is 0 Å². The Kier molecular flexibility index (Phi) is 5.99. The van der Waals surface area contributed by atoms with E-state index in [1.165, 1.54) is 18.4 Å². The first-order chi connectivity index (χ1) is 15.1. The summed E-state index contributed by atoms with van der Waals surface area (Å²) in [6.07, 6.45) is 1.56. The minimum absolute atomic E-state index is 0.217. The number of carbonyl (C=O) groups is 2. The number of esters is 1. The Balaban J connectivity index is 1.72. The number of rotatable bonds is 7. The number of fused-ring (bicyclic) bond motifs is 1. The summed E-state index contributed by atoms with van der Waals surface area (Å²) < 4.78 is 16.8. The molecule has 0 unspecified atom stereocenters. The molecule has 0 saturated carbocycles. The number of furan rings is 1. The van der Waals surface area contributed by atoms with Crippen LogP contribution in [0.4, 0.5) is 5.13 Å². The third-order valence-electron chi connectivity index (χ3n) is 4.59. The van der Waals surface area contributed by atoms with E-state index in [0.29, 0.717) is 39.9 Å². The van der Waals surface area contributed by atoms with Crippen LogP contribution in [0.2, 0.25) is 0 Å². The van der Waals surface area contributed by atoms with Gasteiger partial charge in [0.2, 0.25) is 0 Å². The van der Waals surface area contributed by atoms with Crippen LogP contribution in [0.25, 0.3) is 10.2 Å². The number of para-hydroxylation sites is 1. The van der Waals surface area contributed by atoms with Gasteiger partial charge in [-0.2, -0.15) is 0 Å².